The van der Waals surface area contributed by atoms with Crippen LogP contribution in [-0.4, -0.2) is 59.3 Å². The van der Waals surface area contributed by atoms with E-state index in [1.165, 1.54) is 56.6 Å². The van der Waals surface area contributed by atoms with E-state index >= 15 is 0 Å². The number of rotatable bonds is 6. The Hall–Kier alpha value is -3.29. The van der Waals surface area contributed by atoms with Gasteiger partial charge in [0.2, 0.25) is 5.54 Å². The van der Waals surface area contributed by atoms with Gasteiger partial charge in [-0.05, 0) is 54.8 Å². The number of hydrogen-bond donors (Lipinski definition) is 4. The van der Waals surface area contributed by atoms with Crippen LogP contribution in [0.5, 0.6) is 0 Å². The zero-order valence-corrected chi connectivity index (χ0v) is 20.0. The van der Waals surface area contributed by atoms with Crippen molar-refractivity contribution in [1.29, 1.82) is 0 Å². The molecule has 8 nitrogen and oxygen atoms in total. The van der Waals surface area contributed by atoms with Crippen LogP contribution in [0.3, 0.4) is 0 Å². The molecule has 1 atom stereocenters. The van der Waals surface area contributed by atoms with Gasteiger partial charge in [-0.15, -0.1) is 0 Å². The van der Waals surface area contributed by atoms with Gasteiger partial charge in [0.25, 0.3) is 5.91 Å². The van der Waals surface area contributed by atoms with Crippen LogP contribution in [0.25, 0.3) is 10.2 Å². The number of amides is 3. The van der Waals surface area contributed by atoms with Gasteiger partial charge in [0.1, 0.15) is 5.82 Å². The molecule has 1 unspecified atom stereocenters. The third-order valence-electron chi connectivity index (χ3n) is 5.83. The second-order valence-corrected chi connectivity index (χ2v) is 9.73. The quantitative estimate of drug-likeness (QED) is 0.364. The maximum absolute atomic E-state index is 14.6. The SMILES string of the molecule is CN(C)C(=O)C(NC1CC(O)C1)(c1ccc2nc(NC(=O)Nc3ccc(F)cc3)sc2c1)C(F)(F)F. The molecule has 3 amide bonds. The first kappa shape index (κ1) is 25.8. The largest absolute Gasteiger partial charge is 0.419 e. The van der Waals surface area contributed by atoms with Gasteiger partial charge < -0.3 is 15.3 Å². The molecule has 2 aromatic carbocycles. The highest BCUT2D eigenvalue weighted by Crippen LogP contribution is 2.44. The van der Waals surface area contributed by atoms with Crippen molar-refractivity contribution in [3.63, 3.8) is 0 Å². The zero-order valence-electron chi connectivity index (χ0n) is 19.2. The van der Waals surface area contributed by atoms with Crippen LogP contribution in [0.4, 0.5) is 33.2 Å². The summed E-state index contributed by atoms with van der Waals surface area (Å²) in [7, 11) is 2.49. The summed E-state index contributed by atoms with van der Waals surface area (Å²) in [6.07, 6.45) is -5.53. The Morgan fingerprint density at radius 2 is 1.75 bits per heavy atom. The molecule has 192 valence electrons. The fraction of sp³-hybridized carbons (Fsp3) is 0.348. The Bertz CT molecular complexity index is 1270. The van der Waals surface area contributed by atoms with Crippen LogP contribution in [0.2, 0.25) is 0 Å². The van der Waals surface area contributed by atoms with Gasteiger partial charge in [-0.2, -0.15) is 13.2 Å². The lowest BCUT2D eigenvalue weighted by atomic mass is 9.81. The smallest absolute Gasteiger partial charge is 0.393 e. The molecule has 4 rings (SSSR count). The molecular formula is C23H23F4N5O3S. The summed E-state index contributed by atoms with van der Waals surface area (Å²) in [5, 5.41) is 17.2. The molecule has 1 saturated carbocycles. The third-order valence-corrected chi connectivity index (χ3v) is 6.76. The first-order chi connectivity index (χ1) is 16.9. The molecule has 36 heavy (non-hydrogen) atoms. The summed E-state index contributed by atoms with van der Waals surface area (Å²) in [5.41, 5.74) is -2.70. The molecule has 0 bridgehead atoms. The number of urea groups is 1. The van der Waals surface area contributed by atoms with Crippen LogP contribution in [0.1, 0.15) is 18.4 Å². The summed E-state index contributed by atoms with van der Waals surface area (Å²) in [4.78, 5) is 30.4. The van der Waals surface area contributed by atoms with E-state index < -0.39 is 41.6 Å². The zero-order chi connectivity index (χ0) is 26.3. The highest BCUT2D eigenvalue weighted by Gasteiger charge is 2.63. The topological polar surface area (TPSA) is 107 Å². The third kappa shape index (κ3) is 4.99. The molecule has 1 fully saturated rings. The molecule has 0 spiro atoms. The van der Waals surface area contributed by atoms with Crippen molar-refractivity contribution in [3.8, 4) is 0 Å². The van der Waals surface area contributed by atoms with Gasteiger partial charge >= 0.3 is 12.2 Å². The van der Waals surface area contributed by atoms with Crippen molar-refractivity contribution in [2.45, 2.75) is 36.7 Å². The number of nitrogens with one attached hydrogen (secondary N) is 3. The van der Waals surface area contributed by atoms with Crippen LogP contribution in [0, 0.1) is 5.82 Å². The average molecular weight is 526 g/mol. The number of aliphatic hydroxyl groups excluding tert-OH is 1. The first-order valence-corrected chi connectivity index (χ1v) is 11.7. The highest BCUT2D eigenvalue weighted by molar-refractivity contribution is 7.22. The minimum atomic E-state index is -5.00. The molecule has 13 heteroatoms. The van der Waals surface area contributed by atoms with Crippen molar-refractivity contribution in [2.24, 2.45) is 0 Å². The highest BCUT2D eigenvalue weighted by atomic mass is 32.1. The number of likely N-dealkylation sites (N-methyl/N-ethyl adjacent to an activating group) is 1. The van der Waals surface area contributed by atoms with E-state index in [0.717, 1.165) is 16.2 Å². The van der Waals surface area contributed by atoms with E-state index in [4.69, 9.17) is 0 Å². The Morgan fingerprint density at radius 3 is 2.33 bits per heavy atom. The minimum Gasteiger partial charge on any atom is -0.393 e. The number of benzene rings is 2. The monoisotopic (exact) mass is 525 g/mol. The number of halogens is 4. The predicted octanol–water partition coefficient (Wildman–Crippen LogP) is 4.04. The lowest BCUT2D eigenvalue weighted by molar-refractivity contribution is -0.212. The van der Waals surface area contributed by atoms with Crippen molar-refractivity contribution in [2.75, 3.05) is 24.7 Å². The minimum absolute atomic E-state index is 0.0958. The van der Waals surface area contributed by atoms with Gasteiger partial charge in [0.05, 0.1) is 16.3 Å². The van der Waals surface area contributed by atoms with E-state index in [1.807, 2.05) is 0 Å². The molecule has 0 radical (unpaired) electrons. The Balaban J connectivity index is 1.65. The lowest BCUT2D eigenvalue weighted by Crippen LogP contribution is -2.67. The molecule has 1 aliphatic rings. The molecule has 0 saturated heterocycles. The number of aromatic nitrogens is 1. The second-order valence-electron chi connectivity index (χ2n) is 8.70. The number of aliphatic hydroxyl groups is 1. The second kappa shape index (κ2) is 9.64. The number of alkyl halides is 3. The number of carbonyl (C=O) groups excluding carboxylic acids is 2. The molecule has 4 N–H and O–H groups in total. The fourth-order valence-corrected chi connectivity index (χ4v) is 4.89. The maximum Gasteiger partial charge on any atom is 0.419 e. The summed E-state index contributed by atoms with van der Waals surface area (Å²) in [6.45, 7) is 0. The van der Waals surface area contributed by atoms with Crippen molar-refractivity contribution < 1.29 is 32.3 Å². The number of nitrogens with zero attached hydrogens (tertiary/aromatic N) is 2. The fourth-order valence-electron chi connectivity index (χ4n) is 3.99. The summed E-state index contributed by atoms with van der Waals surface area (Å²) >= 11 is 0.936. The van der Waals surface area contributed by atoms with E-state index in [9.17, 15) is 32.3 Å². The molecule has 1 heterocycles. The lowest BCUT2D eigenvalue weighted by Gasteiger charge is -2.43. The maximum atomic E-state index is 14.6. The summed E-state index contributed by atoms with van der Waals surface area (Å²) in [6, 6.07) is 7.48. The number of fused-ring (bicyclic) bond motifs is 1. The van der Waals surface area contributed by atoms with Gasteiger partial charge in [-0.3, -0.25) is 15.4 Å². The van der Waals surface area contributed by atoms with Crippen molar-refractivity contribution >= 4 is 44.3 Å². The van der Waals surface area contributed by atoms with Crippen LogP contribution in [-0.2, 0) is 10.3 Å². The van der Waals surface area contributed by atoms with Gasteiger partial charge in [-0.1, -0.05) is 17.4 Å². The van der Waals surface area contributed by atoms with Gasteiger partial charge in [0, 0.05) is 25.8 Å². The number of anilines is 2. The average Bonchev–Trinajstić information content (AvgIpc) is 3.17. The molecule has 3 aromatic rings. The molecular weight excluding hydrogens is 502 g/mol. The predicted molar refractivity (Wildman–Crippen MR) is 127 cm³/mol. The van der Waals surface area contributed by atoms with E-state index in [-0.39, 0.29) is 23.5 Å². The molecule has 1 aliphatic carbocycles. The van der Waals surface area contributed by atoms with Gasteiger partial charge in [0.15, 0.2) is 5.13 Å². The van der Waals surface area contributed by atoms with E-state index in [1.54, 1.807) is 0 Å². The first-order valence-electron chi connectivity index (χ1n) is 10.9. The molecule has 1 aromatic heterocycles. The van der Waals surface area contributed by atoms with E-state index in [2.05, 4.69) is 20.9 Å². The van der Waals surface area contributed by atoms with Crippen LogP contribution in [0.15, 0.2) is 42.5 Å². The Labute approximate surface area is 207 Å². The summed E-state index contributed by atoms with van der Waals surface area (Å²) < 4.78 is 57.2. The molecule has 0 aliphatic heterocycles. The normalized spacial score (nSPS) is 19.3. The Kier molecular flexibility index (Phi) is 6.90. The van der Waals surface area contributed by atoms with E-state index in [0.29, 0.717) is 15.9 Å². The number of thiazole rings is 1. The van der Waals surface area contributed by atoms with Crippen molar-refractivity contribution in [1.82, 2.24) is 15.2 Å². The van der Waals surface area contributed by atoms with Gasteiger partial charge in [-0.25, -0.2) is 14.2 Å². The van der Waals surface area contributed by atoms with Crippen LogP contribution < -0.4 is 16.0 Å². The number of hydrogen-bond acceptors (Lipinski definition) is 6. The van der Waals surface area contributed by atoms with Crippen molar-refractivity contribution in [3.05, 3.63) is 53.8 Å². The number of carbonyl (C=O) groups is 2. The van der Waals surface area contributed by atoms with Crippen LogP contribution >= 0.6 is 11.3 Å². The Morgan fingerprint density at radius 1 is 1.08 bits per heavy atom. The standard InChI is InChI=1S/C23H23F4N5O3S/c1-32(2)19(34)22(23(25,26)27,31-15-10-16(33)11-15)12-3-8-17-18(9-12)36-21(29-17)30-20(35)28-14-6-4-13(24)5-7-14/h3-9,15-16,31,33H,10-11H2,1-2H3,(H2,28,29,30,35). The summed E-state index contributed by atoms with van der Waals surface area (Å²) in [5.74, 6) is -1.66.